The van der Waals surface area contributed by atoms with Crippen LogP contribution in [0.15, 0.2) is 18.2 Å². The zero-order valence-corrected chi connectivity index (χ0v) is 14.7. The van der Waals surface area contributed by atoms with Gasteiger partial charge in [-0.3, -0.25) is 4.79 Å². The van der Waals surface area contributed by atoms with Crippen LogP contribution in [-0.2, 0) is 4.74 Å². The summed E-state index contributed by atoms with van der Waals surface area (Å²) in [6.07, 6.45) is 2.16. The third-order valence-corrected chi connectivity index (χ3v) is 5.39. The van der Waals surface area contributed by atoms with Crippen molar-refractivity contribution in [3.8, 4) is 0 Å². The molecule has 1 N–H and O–H groups in total. The molecule has 0 aliphatic carbocycles. The zero-order valence-electron chi connectivity index (χ0n) is 14.7. The van der Waals surface area contributed by atoms with E-state index in [-0.39, 0.29) is 23.7 Å². The second-order valence-corrected chi connectivity index (χ2v) is 7.60. The summed E-state index contributed by atoms with van der Waals surface area (Å²) < 4.78 is 32.7. The number of rotatable bonds is 2. The molecule has 0 unspecified atom stereocenters. The summed E-state index contributed by atoms with van der Waals surface area (Å²) in [6.45, 7) is 5.13. The van der Waals surface area contributed by atoms with Crippen molar-refractivity contribution >= 4 is 5.91 Å². The Morgan fingerprint density at radius 2 is 1.96 bits per heavy atom. The number of carbonyl (C=O) groups is 1. The lowest BCUT2D eigenvalue weighted by Gasteiger charge is -2.48. The van der Waals surface area contributed by atoms with Crippen LogP contribution >= 0.6 is 0 Å². The molecule has 6 heteroatoms. The standard InChI is InChI=1S/C19H25F2NO3/c1-12(2)17-10-14(23)11-19(25-17)5-7-22(8-6-19)18(24)13-3-4-15(20)16(21)9-13/h3-4,9,12,14,17,23H,5-8,10-11H2,1-2H3/t14-,17-/m1/s1. The number of benzene rings is 1. The monoisotopic (exact) mass is 353 g/mol. The smallest absolute Gasteiger partial charge is 0.253 e. The molecule has 1 aromatic carbocycles. The van der Waals surface area contributed by atoms with Crippen molar-refractivity contribution < 1.29 is 23.4 Å². The van der Waals surface area contributed by atoms with Gasteiger partial charge in [0.05, 0.1) is 17.8 Å². The average Bonchev–Trinajstić information content (AvgIpc) is 2.56. The molecule has 4 nitrogen and oxygen atoms in total. The molecule has 2 aliphatic heterocycles. The number of ether oxygens (including phenoxy) is 1. The highest BCUT2D eigenvalue weighted by atomic mass is 19.2. The largest absolute Gasteiger partial charge is 0.393 e. The van der Waals surface area contributed by atoms with Crippen molar-refractivity contribution in [3.05, 3.63) is 35.4 Å². The molecule has 2 aliphatic rings. The third kappa shape index (κ3) is 3.85. The number of hydrogen-bond donors (Lipinski definition) is 1. The molecule has 25 heavy (non-hydrogen) atoms. The maximum Gasteiger partial charge on any atom is 0.253 e. The van der Waals surface area contributed by atoms with Crippen LogP contribution in [0, 0.1) is 17.6 Å². The second kappa shape index (κ2) is 7.00. The van der Waals surface area contributed by atoms with Crippen LogP contribution in [0.3, 0.4) is 0 Å². The predicted octanol–water partition coefficient (Wildman–Crippen LogP) is 3.14. The molecule has 3 rings (SSSR count). The molecule has 0 saturated carbocycles. The van der Waals surface area contributed by atoms with Gasteiger partial charge in [0.2, 0.25) is 0 Å². The Labute approximate surface area is 146 Å². The van der Waals surface area contributed by atoms with Crippen LogP contribution in [0.25, 0.3) is 0 Å². The van der Waals surface area contributed by atoms with E-state index in [2.05, 4.69) is 13.8 Å². The van der Waals surface area contributed by atoms with Crippen molar-refractivity contribution in [1.29, 1.82) is 0 Å². The first-order valence-corrected chi connectivity index (χ1v) is 8.90. The van der Waals surface area contributed by atoms with Crippen molar-refractivity contribution in [2.24, 2.45) is 5.92 Å². The van der Waals surface area contributed by atoms with Crippen LogP contribution in [0.5, 0.6) is 0 Å². The Morgan fingerprint density at radius 3 is 2.56 bits per heavy atom. The molecule has 138 valence electrons. The number of nitrogens with zero attached hydrogens (tertiary/aromatic N) is 1. The summed E-state index contributed by atoms with van der Waals surface area (Å²) in [6, 6.07) is 3.22. The van der Waals surface area contributed by atoms with Gasteiger partial charge >= 0.3 is 0 Å². The van der Waals surface area contributed by atoms with E-state index in [1.165, 1.54) is 6.07 Å². The molecular formula is C19H25F2NO3. The Hall–Kier alpha value is -1.53. The summed E-state index contributed by atoms with van der Waals surface area (Å²) >= 11 is 0. The molecule has 1 amide bonds. The highest BCUT2D eigenvalue weighted by Gasteiger charge is 2.44. The van der Waals surface area contributed by atoms with Gasteiger partial charge in [-0.1, -0.05) is 13.8 Å². The second-order valence-electron chi connectivity index (χ2n) is 7.60. The summed E-state index contributed by atoms with van der Waals surface area (Å²) in [7, 11) is 0. The molecule has 0 bridgehead atoms. The number of likely N-dealkylation sites (tertiary alicyclic amines) is 1. The fraction of sp³-hybridized carbons (Fsp3) is 0.632. The fourth-order valence-electron chi connectivity index (χ4n) is 3.86. The lowest BCUT2D eigenvalue weighted by atomic mass is 9.80. The Balaban J connectivity index is 1.66. The van der Waals surface area contributed by atoms with Gasteiger partial charge in [0.1, 0.15) is 0 Å². The van der Waals surface area contributed by atoms with Gasteiger partial charge in [0.25, 0.3) is 5.91 Å². The lowest BCUT2D eigenvalue weighted by molar-refractivity contribution is -0.190. The van der Waals surface area contributed by atoms with E-state index in [1.54, 1.807) is 4.90 Å². The maximum absolute atomic E-state index is 13.4. The highest BCUT2D eigenvalue weighted by molar-refractivity contribution is 5.94. The van der Waals surface area contributed by atoms with E-state index in [0.29, 0.717) is 44.7 Å². The third-order valence-electron chi connectivity index (χ3n) is 5.39. The number of amides is 1. The summed E-state index contributed by atoms with van der Waals surface area (Å²) in [5, 5.41) is 10.2. The average molecular weight is 353 g/mol. The Bertz CT molecular complexity index is 642. The molecule has 1 spiro atoms. The Morgan fingerprint density at radius 1 is 1.28 bits per heavy atom. The minimum Gasteiger partial charge on any atom is -0.393 e. The molecule has 0 radical (unpaired) electrons. The lowest BCUT2D eigenvalue weighted by Crippen LogP contribution is -2.54. The first kappa shape index (κ1) is 18.3. The molecule has 2 heterocycles. The van der Waals surface area contributed by atoms with E-state index in [4.69, 9.17) is 4.74 Å². The van der Waals surface area contributed by atoms with E-state index in [0.717, 1.165) is 12.1 Å². The summed E-state index contributed by atoms with van der Waals surface area (Å²) in [5.41, 5.74) is -0.239. The predicted molar refractivity (Wildman–Crippen MR) is 89.2 cm³/mol. The SMILES string of the molecule is CC(C)[C@H]1C[C@@H](O)CC2(CCN(C(=O)c3ccc(F)c(F)c3)CC2)O1. The van der Waals surface area contributed by atoms with Gasteiger partial charge in [0.15, 0.2) is 11.6 Å². The number of aliphatic hydroxyl groups excluding tert-OH is 1. The molecule has 2 fully saturated rings. The number of piperidine rings is 1. The number of hydrogen-bond acceptors (Lipinski definition) is 3. The van der Waals surface area contributed by atoms with E-state index >= 15 is 0 Å². The van der Waals surface area contributed by atoms with E-state index in [1.807, 2.05) is 0 Å². The minimum absolute atomic E-state index is 0.0252. The van der Waals surface area contributed by atoms with Crippen LogP contribution < -0.4 is 0 Å². The van der Waals surface area contributed by atoms with Gasteiger partial charge in [-0.05, 0) is 43.4 Å². The number of halogens is 2. The fourth-order valence-corrected chi connectivity index (χ4v) is 3.86. The number of aliphatic hydroxyl groups is 1. The van der Waals surface area contributed by atoms with Gasteiger partial charge in [-0.25, -0.2) is 8.78 Å². The summed E-state index contributed by atoms with van der Waals surface area (Å²) in [4.78, 5) is 14.2. The van der Waals surface area contributed by atoms with Gasteiger partial charge in [-0.2, -0.15) is 0 Å². The first-order chi connectivity index (χ1) is 11.8. The van der Waals surface area contributed by atoms with Gasteiger partial charge in [0, 0.05) is 25.1 Å². The van der Waals surface area contributed by atoms with Crippen molar-refractivity contribution in [3.63, 3.8) is 0 Å². The quantitative estimate of drug-likeness (QED) is 0.889. The van der Waals surface area contributed by atoms with Crippen molar-refractivity contribution in [2.45, 2.75) is 57.3 Å². The molecular weight excluding hydrogens is 328 g/mol. The molecule has 1 aromatic rings. The maximum atomic E-state index is 13.4. The van der Waals surface area contributed by atoms with Crippen LogP contribution in [-0.4, -0.2) is 46.8 Å². The van der Waals surface area contributed by atoms with Crippen LogP contribution in [0.2, 0.25) is 0 Å². The van der Waals surface area contributed by atoms with Gasteiger partial charge < -0.3 is 14.7 Å². The normalized spacial score (nSPS) is 26.2. The van der Waals surface area contributed by atoms with E-state index < -0.39 is 17.2 Å². The van der Waals surface area contributed by atoms with Crippen LogP contribution in [0.4, 0.5) is 8.78 Å². The summed E-state index contributed by atoms with van der Waals surface area (Å²) in [5.74, 6) is -1.95. The molecule has 2 atom stereocenters. The van der Waals surface area contributed by atoms with Crippen LogP contribution in [0.1, 0.15) is 49.9 Å². The van der Waals surface area contributed by atoms with Gasteiger partial charge in [-0.15, -0.1) is 0 Å². The minimum atomic E-state index is -1.02. The van der Waals surface area contributed by atoms with Crippen molar-refractivity contribution in [1.82, 2.24) is 4.90 Å². The first-order valence-electron chi connectivity index (χ1n) is 8.90. The highest BCUT2D eigenvalue weighted by Crippen LogP contribution is 2.39. The number of carbonyl (C=O) groups excluding carboxylic acids is 1. The topological polar surface area (TPSA) is 49.8 Å². The molecule has 2 saturated heterocycles. The molecule has 0 aromatic heterocycles. The van der Waals surface area contributed by atoms with Crippen molar-refractivity contribution in [2.75, 3.05) is 13.1 Å². The zero-order chi connectivity index (χ0) is 18.2. The van der Waals surface area contributed by atoms with E-state index in [9.17, 15) is 18.7 Å². The Kier molecular flexibility index (Phi) is 5.11.